The van der Waals surface area contributed by atoms with Gasteiger partial charge >= 0.3 is 0 Å². The molecule has 1 heterocycles. The third-order valence-corrected chi connectivity index (χ3v) is 3.48. The zero-order chi connectivity index (χ0) is 13.7. The van der Waals surface area contributed by atoms with Crippen molar-refractivity contribution in [3.05, 3.63) is 23.8 Å². The van der Waals surface area contributed by atoms with Crippen molar-refractivity contribution < 1.29 is 9.53 Å². The van der Waals surface area contributed by atoms with Gasteiger partial charge in [-0.05, 0) is 37.5 Å². The van der Waals surface area contributed by atoms with Crippen molar-refractivity contribution in [3.8, 4) is 5.75 Å². The second kappa shape index (κ2) is 6.45. The average Bonchev–Trinajstić information content (AvgIpc) is 2.68. The summed E-state index contributed by atoms with van der Waals surface area (Å²) in [6.45, 7) is 3.76. The maximum Gasteiger partial charge on any atom is 0.260 e. The van der Waals surface area contributed by atoms with Crippen LogP contribution >= 0.6 is 0 Å². The molecule has 0 atom stereocenters. The molecule has 4 nitrogen and oxygen atoms in total. The van der Waals surface area contributed by atoms with E-state index >= 15 is 0 Å². The molecule has 1 amide bonds. The van der Waals surface area contributed by atoms with E-state index in [1.165, 1.54) is 12.8 Å². The number of nitrogens with two attached hydrogens (primary N) is 1. The van der Waals surface area contributed by atoms with Crippen LogP contribution in [0.4, 0.5) is 5.69 Å². The first-order valence-corrected chi connectivity index (χ1v) is 6.93. The molecule has 2 N–H and O–H groups in total. The SMILES string of the molecule is Cc1ccc(N)c(OCC(=O)N2CCCCCC2)c1. The molecule has 1 aromatic rings. The van der Waals surface area contributed by atoms with E-state index in [2.05, 4.69) is 0 Å². The van der Waals surface area contributed by atoms with Gasteiger partial charge in [0.2, 0.25) is 0 Å². The molecule has 104 valence electrons. The maximum atomic E-state index is 12.1. The Kier molecular flexibility index (Phi) is 4.66. The van der Waals surface area contributed by atoms with E-state index < -0.39 is 0 Å². The van der Waals surface area contributed by atoms with E-state index in [0.717, 1.165) is 31.5 Å². The summed E-state index contributed by atoms with van der Waals surface area (Å²) in [7, 11) is 0. The molecule has 0 radical (unpaired) electrons. The van der Waals surface area contributed by atoms with Gasteiger partial charge in [0.1, 0.15) is 5.75 Å². The molecule has 4 heteroatoms. The zero-order valence-electron chi connectivity index (χ0n) is 11.5. The van der Waals surface area contributed by atoms with Crippen molar-refractivity contribution in [2.75, 3.05) is 25.4 Å². The number of nitrogens with zero attached hydrogens (tertiary/aromatic N) is 1. The van der Waals surface area contributed by atoms with E-state index in [-0.39, 0.29) is 12.5 Å². The second-order valence-electron chi connectivity index (χ2n) is 5.12. The van der Waals surface area contributed by atoms with Crippen molar-refractivity contribution in [1.82, 2.24) is 4.90 Å². The number of hydrogen-bond acceptors (Lipinski definition) is 3. The van der Waals surface area contributed by atoms with Crippen LogP contribution in [0, 0.1) is 6.92 Å². The van der Waals surface area contributed by atoms with Gasteiger partial charge < -0.3 is 15.4 Å². The number of benzene rings is 1. The minimum Gasteiger partial charge on any atom is -0.482 e. The van der Waals surface area contributed by atoms with Crippen molar-refractivity contribution in [1.29, 1.82) is 0 Å². The Morgan fingerprint density at radius 2 is 1.95 bits per heavy atom. The third kappa shape index (κ3) is 3.88. The topological polar surface area (TPSA) is 55.6 Å². The fourth-order valence-corrected chi connectivity index (χ4v) is 2.32. The standard InChI is InChI=1S/C15H22N2O2/c1-12-6-7-13(16)14(10-12)19-11-15(18)17-8-4-2-3-5-9-17/h6-7,10H,2-5,8-9,11,16H2,1H3. The summed E-state index contributed by atoms with van der Waals surface area (Å²) >= 11 is 0. The second-order valence-corrected chi connectivity index (χ2v) is 5.12. The quantitative estimate of drug-likeness (QED) is 0.851. The van der Waals surface area contributed by atoms with Gasteiger partial charge in [-0.25, -0.2) is 0 Å². The molecule has 0 bridgehead atoms. The van der Waals surface area contributed by atoms with Gasteiger partial charge in [0.05, 0.1) is 5.69 Å². The van der Waals surface area contributed by atoms with Gasteiger partial charge in [0.15, 0.2) is 6.61 Å². The Morgan fingerprint density at radius 3 is 2.63 bits per heavy atom. The van der Waals surface area contributed by atoms with Crippen LogP contribution in [0.5, 0.6) is 5.75 Å². The van der Waals surface area contributed by atoms with E-state index in [9.17, 15) is 4.79 Å². The molecule has 19 heavy (non-hydrogen) atoms. The normalized spacial score (nSPS) is 15.9. The monoisotopic (exact) mass is 262 g/mol. The Balaban J connectivity index is 1.90. The largest absolute Gasteiger partial charge is 0.482 e. The Hall–Kier alpha value is -1.71. The number of carbonyl (C=O) groups is 1. The molecule has 0 unspecified atom stereocenters. The number of amides is 1. The molecular weight excluding hydrogens is 240 g/mol. The van der Waals surface area contributed by atoms with Crippen molar-refractivity contribution >= 4 is 11.6 Å². The number of anilines is 1. The molecule has 0 saturated carbocycles. The predicted octanol–water partition coefficient (Wildman–Crippen LogP) is 2.36. The molecule has 1 saturated heterocycles. The summed E-state index contributed by atoms with van der Waals surface area (Å²) in [5, 5.41) is 0. The minimum atomic E-state index is 0.0582. The zero-order valence-corrected chi connectivity index (χ0v) is 11.5. The van der Waals surface area contributed by atoms with Crippen LogP contribution in [0.25, 0.3) is 0 Å². The molecule has 1 aliphatic rings. The van der Waals surface area contributed by atoms with Crippen LogP contribution < -0.4 is 10.5 Å². The first-order valence-electron chi connectivity index (χ1n) is 6.93. The average molecular weight is 262 g/mol. The van der Waals surface area contributed by atoms with Gasteiger partial charge in [-0.2, -0.15) is 0 Å². The number of nitrogen functional groups attached to an aromatic ring is 1. The van der Waals surface area contributed by atoms with E-state index in [1.807, 2.05) is 24.0 Å². The summed E-state index contributed by atoms with van der Waals surface area (Å²) in [6.07, 6.45) is 4.63. The molecule has 0 spiro atoms. The summed E-state index contributed by atoms with van der Waals surface area (Å²) in [5.74, 6) is 0.658. The van der Waals surface area contributed by atoms with Gasteiger partial charge in [0.25, 0.3) is 5.91 Å². The van der Waals surface area contributed by atoms with Crippen LogP contribution in [0.3, 0.4) is 0 Å². The molecule has 1 aliphatic heterocycles. The Labute approximate surface area is 114 Å². The lowest BCUT2D eigenvalue weighted by Gasteiger charge is -2.20. The first-order chi connectivity index (χ1) is 9.16. The van der Waals surface area contributed by atoms with Crippen molar-refractivity contribution in [2.24, 2.45) is 0 Å². The molecule has 1 aromatic carbocycles. The minimum absolute atomic E-state index is 0.0582. The number of carbonyl (C=O) groups excluding carboxylic acids is 1. The van der Waals surface area contributed by atoms with Crippen molar-refractivity contribution in [2.45, 2.75) is 32.6 Å². The first kappa shape index (κ1) is 13.7. The third-order valence-electron chi connectivity index (χ3n) is 3.48. The van der Waals surface area contributed by atoms with Gasteiger partial charge in [-0.3, -0.25) is 4.79 Å². The molecule has 0 aromatic heterocycles. The predicted molar refractivity (Wildman–Crippen MR) is 76.1 cm³/mol. The molecule has 2 rings (SSSR count). The number of ether oxygens (including phenoxy) is 1. The lowest BCUT2D eigenvalue weighted by Crippen LogP contribution is -2.35. The summed E-state index contributed by atoms with van der Waals surface area (Å²) in [6, 6.07) is 5.60. The highest BCUT2D eigenvalue weighted by Gasteiger charge is 2.16. The summed E-state index contributed by atoms with van der Waals surface area (Å²) in [5.41, 5.74) is 7.48. The lowest BCUT2D eigenvalue weighted by molar-refractivity contribution is -0.133. The smallest absolute Gasteiger partial charge is 0.260 e. The Bertz CT molecular complexity index is 438. The van der Waals surface area contributed by atoms with Crippen LogP contribution in [-0.4, -0.2) is 30.5 Å². The van der Waals surface area contributed by atoms with Gasteiger partial charge in [-0.15, -0.1) is 0 Å². The number of aryl methyl sites for hydroxylation is 1. The highest BCUT2D eigenvalue weighted by atomic mass is 16.5. The highest BCUT2D eigenvalue weighted by molar-refractivity contribution is 5.78. The van der Waals surface area contributed by atoms with Gasteiger partial charge in [-0.1, -0.05) is 18.9 Å². The van der Waals surface area contributed by atoms with E-state index in [1.54, 1.807) is 6.07 Å². The fraction of sp³-hybridized carbons (Fsp3) is 0.533. The maximum absolute atomic E-state index is 12.1. The fourth-order valence-electron chi connectivity index (χ4n) is 2.32. The molecular formula is C15H22N2O2. The summed E-state index contributed by atoms with van der Waals surface area (Å²) in [4.78, 5) is 14.0. The number of hydrogen-bond donors (Lipinski definition) is 1. The molecule has 1 fully saturated rings. The van der Waals surface area contributed by atoms with Crippen LogP contribution in [0.2, 0.25) is 0 Å². The highest BCUT2D eigenvalue weighted by Crippen LogP contribution is 2.22. The lowest BCUT2D eigenvalue weighted by atomic mass is 10.2. The molecule has 0 aliphatic carbocycles. The number of likely N-dealkylation sites (tertiary alicyclic amines) is 1. The summed E-state index contributed by atoms with van der Waals surface area (Å²) < 4.78 is 5.56. The van der Waals surface area contributed by atoms with Crippen molar-refractivity contribution in [3.63, 3.8) is 0 Å². The van der Waals surface area contributed by atoms with Crippen LogP contribution in [-0.2, 0) is 4.79 Å². The van der Waals surface area contributed by atoms with E-state index in [4.69, 9.17) is 10.5 Å². The van der Waals surface area contributed by atoms with Crippen LogP contribution in [0.1, 0.15) is 31.2 Å². The Morgan fingerprint density at radius 1 is 1.26 bits per heavy atom. The van der Waals surface area contributed by atoms with Crippen LogP contribution in [0.15, 0.2) is 18.2 Å². The van der Waals surface area contributed by atoms with Gasteiger partial charge in [0, 0.05) is 13.1 Å². The number of rotatable bonds is 3. The van der Waals surface area contributed by atoms with E-state index in [0.29, 0.717) is 11.4 Å².